The average Bonchev–Trinajstić information content (AvgIpc) is 2.66. The van der Waals surface area contributed by atoms with Gasteiger partial charge in [0.05, 0.1) is 6.61 Å². The minimum Gasteiger partial charge on any atom is -0.433 e. The molecular weight excluding hydrogens is 234 g/mol. The van der Waals surface area contributed by atoms with Crippen molar-refractivity contribution in [3.8, 4) is 0 Å². The SMILES string of the molecule is CCOC(=O)ON=C([C]=O)c1csc(N)n1. The van der Waals surface area contributed by atoms with Gasteiger partial charge in [0.25, 0.3) is 6.29 Å². The van der Waals surface area contributed by atoms with Gasteiger partial charge in [-0.3, -0.25) is 9.63 Å². The number of carbonyl (C=O) groups is 1. The van der Waals surface area contributed by atoms with Gasteiger partial charge in [-0.15, -0.1) is 11.3 Å². The first-order valence-electron chi connectivity index (χ1n) is 4.18. The van der Waals surface area contributed by atoms with Crippen molar-refractivity contribution in [2.45, 2.75) is 6.92 Å². The predicted molar refractivity (Wildman–Crippen MR) is 56.9 cm³/mol. The van der Waals surface area contributed by atoms with Crippen LogP contribution in [0.4, 0.5) is 9.93 Å². The smallest absolute Gasteiger partial charge is 0.433 e. The van der Waals surface area contributed by atoms with Crippen LogP contribution in [-0.4, -0.2) is 29.7 Å². The third kappa shape index (κ3) is 3.31. The highest BCUT2D eigenvalue weighted by Gasteiger charge is 2.10. The van der Waals surface area contributed by atoms with Crippen molar-refractivity contribution in [2.24, 2.45) is 5.16 Å². The Labute approximate surface area is 94.9 Å². The summed E-state index contributed by atoms with van der Waals surface area (Å²) >= 11 is 1.13. The number of carbonyl (C=O) groups excluding carboxylic acids is 2. The Morgan fingerprint density at radius 2 is 2.50 bits per heavy atom. The minimum absolute atomic E-state index is 0.151. The Bertz CT molecular complexity index is 415. The van der Waals surface area contributed by atoms with Gasteiger partial charge in [0.1, 0.15) is 5.69 Å². The van der Waals surface area contributed by atoms with Crippen molar-refractivity contribution in [2.75, 3.05) is 12.3 Å². The summed E-state index contributed by atoms with van der Waals surface area (Å²) in [6.07, 6.45) is 0.484. The first kappa shape index (κ1) is 12.1. The van der Waals surface area contributed by atoms with Gasteiger partial charge in [0, 0.05) is 5.38 Å². The quantitative estimate of drug-likeness (QED) is 0.361. The van der Waals surface area contributed by atoms with Crippen LogP contribution in [0.15, 0.2) is 10.5 Å². The van der Waals surface area contributed by atoms with Crippen LogP contribution >= 0.6 is 11.3 Å². The summed E-state index contributed by atoms with van der Waals surface area (Å²) in [5.41, 5.74) is 5.31. The van der Waals surface area contributed by atoms with Crippen LogP contribution in [0, 0.1) is 0 Å². The van der Waals surface area contributed by atoms with E-state index in [-0.39, 0.29) is 23.1 Å². The van der Waals surface area contributed by atoms with E-state index in [0.29, 0.717) is 0 Å². The summed E-state index contributed by atoms with van der Waals surface area (Å²) in [5, 5.41) is 5.02. The molecule has 0 bridgehead atoms. The molecule has 0 aliphatic heterocycles. The van der Waals surface area contributed by atoms with E-state index in [1.54, 1.807) is 6.92 Å². The van der Waals surface area contributed by atoms with E-state index in [9.17, 15) is 9.59 Å². The molecule has 85 valence electrons. The van der Waals surface area contributed by atoms with Gasteiger partial charge in [0.2, 0.25) is 0 Å². The molecule has 0 aromatic carbocycles. The third-order valence-electron chi connectivity index (χ3n) is 1.33. The molecule has 0 saturated heterocycles. The highest BCUT2D eigenvalue weighted by Crippen LogP contribution is 2.11. The maximum atomic E-state index is 10.8. The second kappa shape index (κ2) is 5.81. The predicted octanol–water partition coefficient (Wildman–Crippen LogP) is 0.712. The molecule has 0 amide bonds. The van der Waals surface area contributed by atoms with Crippen molar-refractivity contribution in [1.29, 1.82) is 0 Å². The summed E-state index contributed by atoms with van der Waals surface area (Å²) in [6.45, 7) is 1.76. The number of nitrogens with two attached hydrogens (primary N) is 1. The number of rotatable bonds is 4. The second-order valence-corrected chi connectivity index (χ2v) is 3.28. The molecule has 0 aliphatic rings. The molecule has 0 aliphatic carbocycles. The van der Waals surface area contributed by atoms with Gasteiger partial charge in [0.15, 0.2) is 10.8 Å². The Morgan fingerprint density at radius 3 is 3.00 bits per heavy atom. The number of oxime groups is 1. The van der Waals surface area contributed by atoms with Crippen molar-refractivity contribution < 1.29 is 19.2 Å². The summed E-state index contributed by atoms with van der Waals surface area (Å²) < 4.78 is 4.44. The standard InChI is InChI=1S/C8H8N3O4S/c1-2-14-8(13)15-11-5(3-12)6-4-16-7(9)10-6/h4H,2H2,1H3,(H2,9,10). The largest absolute Gasteiger partial charge is 0.535 e. The van der Waals surface area contributed by atoms with Crippen molar-refractivity contribution in [1.82, 2.24) is 4.98 Å². The fraction of sp³-hybridized carbons (Fsp3) is 0.250. The first-order chi connectivity index (χ1) is 7.67. The fourth-order valence-electron chi connectivity index (χ4n) is 0.741. The second-order valence-electron chi connectivity index (χ2n) is 2.39. The van der Waals surface area contributed by atoms with E-state index in [4.69, 9.17) is 5.73 Å². The molecule has 0 saturated carbocycles. The maximum absolute atomic E-state index is 10.8. The van der Waals surface area contributed by atoms with Crippen LogP contribution in [0.3, 0.4) is 0 Å². The average molecular weight is 242 g/mol. The zero-order valence-corrected chi connectivity index (χ0v) is 9.11. The highest BCUT2D eigenvalue weighted by molar-refractivity contribution is 7.13. The Kier molecular flexibility index (Phi) is 4.40. The number of anilines is 1. The van der Waals surface area contributed by atoms with E-state index in [2.05, 4.69) is 19.7 Å². The van der Waals surface area contributed by atoms with Gasteiger partial charge < -0.3 is 10.5 Å². The normalized spacial score (nSPS) is 10.9. The summed E-state index contributed by atoms with van der Waals surface area (Å²) in [7, 11) is 0. The topological polar surface area (TPSA) is 104 Å². The zero-order chi connectivity index (χ0) is 12.0. The van der Waals surface area contributed by atoms with E-state index >= 15 is 0 Å². The van der Waals surface area contributed by atoms with Crippen LogP contribution in [0.25, 0.3) is 0 Å². The van der Waals surface area contributed by atoms with E-state index in [1.807, 2.05) is 0 Å². The fourth-order valence-corrected chi connectivity index (χ4v) is 1.29. The number of nitrogens with zero attached hydrogens (tertiary/aromatic N) is 2. The first-order valence-corrected chi connectivity index (χ1v) is 5.06. The summed E-state index contributed by atoms with van der Waals surface area (Å²) in [4.78, 5) is 29.4. The van der Waals surface area contributed by atoms with Crippen LogP contribution in [0.1, 0.15) is 12.6 Å². The van der Waals surface area contributed by atoms with E-state index in [1.165, 1.54) is 11.7 Å². The molecule has 1 aromatic heterocycles. The van der Waals surface area contributed by atoms with Crippen molar-refractivity contribution >= 4 is 34.6 Å². The van der Waals surface area contributed by atoms with E-state index in [0.717, 1.165) is 11.3 Å². The van der Waals surface area contributed by atoms with Gasteiger partial charge in [-0.1, -0.05) is 5.16 Å². The van der Waals surface area contributed by atoms with Crippen LogP contribution in [0.5, 0.6) is 0 Å². The Morgan fingerprint density at radius 1 is 1.75 bits per heavy atom. The molecule has 2 N–H and O–H groups in total. The minimum atomic E-state index is -1.00. The monoisotopic (exact) mass is 242 g/mol. The number of nitrogen functional groups attached to an aromatic ring is 1. The van der Waals surface area contributed by atoms with Gasteiger partial charge >= 0.3 is 6.16 Å². The molecule has 0 atom stereocenters. The molecule has 1 aromatic rings. The number of hydrogen-bond acceptors (Lipinski definition) is 8. The van der Waals surface area contributed by atoms with E-state index < -0.39 is 6.16 Å². The number of ether oxygens (including phenoxy) is 1. The Balaban J connectivity index is 2.71. The lowest BCUT2D eigenvalue weighted by Gasteiger charge is -1.97. The van der Waals surface area contributed by atoms with Crippen molar-refractivity contribution in [3.63, 3.8) is 0 Å². The number of hydrogen-bond donors (Lipinski definition) is 1. The molecule has 0 unspecified atom stereocenters. The third-order valence-corrected chi connectivity index (χ3v) is 2.01. The lowest BCUT2D eigenvalue weighted by Crippen LogP contribution is -2.08. The summed E-state index contributed by atoms with van der Waals surface area (Å²) in [5.74, 6) is 0. The molecule has 8 heteroatoms. The lowest BCUT2D eigenvalue weighted by atomic mass is 10.3. The van der Waals surface area contributed by atoms with Crippen molar-refractivity contribution in [3.05, 3.63) is 11.1 Å². The van der Waals surface area contributed by atoms with Crippen LogP contribution in [0.2, 0.25) is 0 Å². The van der Waals surface area contributed by atoms with Gasteiger partial charge in [-0.05, 0) is 6.92 Å². The molecule has 1 rings (SSSR count). The Hall–Kier alpha value is -1.96. The highest BCUT2D eigenvalue weighted by atomic mass is 32.1. The molecule has 7 nitrogen and oxygen atoms in total. The lowest BCUT2D eigenvalue weighted by molar-refractivity contribution is 0.0616. The number of aromatic nitrogens is 1. The molecule has 0 fully saturated rings. The molecule has 1 heterocycles. The number of thiazole rings is 1. The van der Waals surface area contributed by atoms with Crippen LogP contribution < -0.4 is 5.73 Å². The molecule has 1 radical (unpaired) electrons. The molecule has 0 spiro atoms. The van der Waals surface area contributed by atoms with Gasteiger partial charge in [-0.25, -0.2) is 9.78 Å². The van der Waals surface area contributed by atoms with Crippen LogP contribution in [-0.2, 0) is 14.4 Å². The zero-order valence-electron chi connectivity index (χ0n) is 8.30. The van der Waals surface area contributed by atoms with Gasteiger partial charge in [-0.2, -0.15) is 0 Å². The molecular formula is C8H8N3O4S. The summed E-state index contributed by atoms with van der Waals surface area (Å²) in [6, 6.07) is 0. The molecule has 16 heavy (non-hydrogen) atoms. The maximum Gasteiger partial charge on any atom is 0.535 e.